The van der Waals surface area contributed by atoms with Gasteiger partial charge in [-0.15, -0.1) is 0 Å². The fourth-order valence-electron chi connectivity index (χ4n) is 1.67. The molecule has 0 aromatic heterocycles. The van der Waals surface area contributed by atoms with Crippen LogP contribution in [-0.2, 0) is 9.47 Å². The Labute approximate surface area is 105 Å². The first kappa shape index (κ1) is 14.0. The van der Waals surface area contributed by atoms with Crippen LogP contribution in [0.4, 0.5) is 22.0 Å². The minimum Gasteiger partial charge on any atom is -0.320 e. The predicted octanol–water partition coefficient (Wildman–Crippen LogP) is 3.63. The maximum absolute atomic E-state index is 13.0. The zero-order valence-electron chi connectivity index (χ0n) is 9.67. The van der Waals surface area contributed by atoms with Crippen LogP contribution in [0.1, 0.15) is 12.5 Å². The van der Waals surface area contributed by atoms with Gasteiger partial charge in [0.2, 0.25) is 0 Å². The van der Waals surface area contributed by atoms with Crippen LogP contribution in [0.3, 0.4) is 0 Å². The predicted molar refractivity (Wildman–Crippen MR) is 55.8 cm³/mol. The topological polar surface area (TPSA) is 18.5 Å². The standard InChI is InChI=1S/C12H9F5O2/c1-6-18-11(19-6)5-10(12(15,16)17)7-2-8(13)4-9(14)3-7/h2-6,11H,1H3. The summed E-state index contributed by atoms with van der Waals surface area (Å²) < 4.78 is 74.3. The Bertz CT molecular complexity index is 483. The van der Waals surface area contributed by atoms with E-state index in [1.807, 2.05) is 0 Å². The highest BCUT2D eigenvalue weighted by atomic mass is 19.4. The van der Waals surface area contributed by atoms with Crippen molar-refractivity contribution in [2.24, 2.45) is 0 Å². The molecule has 0 aliphatic carbocycles. The van der Waals surface area contributed by atoms with E-state index in [1.54, 1.807) is 0 Å². The first-order valence-electron chi connectivity index (χ1n) is 5.32. The molecule has 1 fully saturated rings. The van der Waals surface area contributed by atoms with Gasteiger partial charge in [0.05, 0.1) is 5.57 Å². The molecule has 1 aromatic rings. The molecule has 0 unspecified atom stereocenters. The normalized spacial score (nSPS) is 24.2. The highest BCUT2D eigenvalue weighted by Crippen LogP contribution is 2.36. The van der Waals surface area contributed by atoms with Crippen molar-refractivity contribution in [2.45, 2.75) is 25.7 Å². The van der Waals surface area contributed by atoms with E-state index in [1.165, 1.54) is 6.92 Å². The molecular weight excluding hydrogens is 271 g/mol. The van der Waals surface area contributed by atoms with E-state index in [0.29, 0.717) is 24.3 Å². The third kappa shape index (κ3) is 3.30. The van der Waals surface area contributed by atoms with Gasteiger partial charge in [0.25, 0.3) is 0 Å². The monoisotopic (exact) mass is 280 g/mol. The summed E-state index contributed by atoms with van der Waals surface area (Å²) in [5.41, 5.74) is -1.82. The first-order valence-corrected chi connectivity index (χ1v) is 5.32. The summed E-state index contributed by atoms with van der Waals surface area (Å²) in [7, 11) is 0. The molecule has 0 radical (unpaired) electrons. The van der Waals surface area contributed by atoms with Crippen molar-refractivity contribution in [3.8, 4) is 0 Å². The molecule has 1 heterocycles. The van der Waals surface area contributed by atoms with E-state index in [0.717, 1.165) is 0 Å². The van der Waals surface area contributed by atoms with Crippen LogP contribution in [-0.4, -0.2) is 18.8 Å². The van der Waals surface area contributed by atoms with Crippen LogP contribution < -0.4 is 0 Å². The van der Waals surface area contributed by atoms with Crippen molar-refractivity contribution in [3.05, 3.63) is 41.5 Å². The quantitative estimate of drug-likeness (QED) is 0.770. The molecule has 7 heteroatoms. The van der Waals surface area contributed by atoms with E-state index >= 15 is 0 Å². The lowest BCUT2D eigenvalue weighted by atomic mass is 10.0. The van der Waals surface area contributed by atoms with E-state index < -0.39 is 41.5 Å². The second-order valence-corrected chi connectivity index (χ2v) is 3.94. The van der Waals surface area contributed by atoms with Crippen LogP contribution in [0.2, 0.25) is 0 Å². The van der Waals surface area contributed by atoms with Gasteiger partial charge in [0, 0.05) is 6.07 Å². The maximum atomic E-state index is 13.0. The zero-order valence-corrected chi connectivity index (χ0v) is 9.67. The molecule has 0 atom stereocenters. The van der Waals surface area contributed by atoms with Gasteiger partial charge in [-0.05, 0) is 30.7 Å². The zero-order chi connectivity index (χ0) is 14.2. The third-order valence-electron chi connectivity index (χ3n) is 2.43. The second kappa shape index (κ2) is 4.90. The van der Waals surface area contributed by atoms with E-state index in [9.17, 15) is 22.0 Å². The molecule has 1 aliphatic heterocycles. The molecule has 0 saturated carbocycles. The number of ether oxygens (including phenoxy) is 2. The molecule has 1 saturated heterocycles. The number of hydrogen-bond donors (Lipinski definition) is 0. The number of halogens is 5. The van der Waals surface area contributed by atoms with Crippen molar-refractivity contribution >= 4 is 5.57 Å². The maximum Gasteiger partial charge on any atom is 0.416 e. The summed E-state index contributed by atoms with van der Waals surface area (Å²) in [6.07, 6.45) is -5.89. The fourth-order valence-corrected chi connectivity index (χ4v) is 1.67. The summed E-state index contributed by atoms with van der Waals surface area (Å²) in [4.78, 5) is 0. The Morgan fingerprint density at radius 2 is 1.63 bits per heavy atom. The summed E-state index contributed by atoms with van der Waals surface area (Å²) in [6.45, 7) is 1.51. The smallest absolute Gasteiger partial charge is 0.320 e. The number of benzene rings is 1. The molecule has 1 aliphatic rings. The molecule has 1 aromatic carbocycles. The van der Waals surface area contributed by atoms with E-state index in [-0.39, 0.29) is 0 Å². The van der Waals surface area contributed by atoms with Crippen LogP contribution in [0, 0.1) is 11.6 Å². The number of alkyl halides is 3. The lowest BCUT2D eigenvalue weighted by Crippen LogP contribution is -2.37. The van der Waals surface area contributed by atoms with Gasteiger partial charge >= 0.3 is 6.18 Å². The first-order chi connectivity index (χ1) is 8.75. The lowest BCUT2D eigenvalue weighted by Gasteiger charge is -2.32. The number of rotatable bonds is 2. The molecule has 2 nitrogen and oxygen atoms in total. The van der Waals surface area contributed by atoms with Crippen molar-refractivity contribution < 1.29 is 31.4 Å². The summed E-state index contributed by atoms with van der Waals surface area (Å²) in [5.74, 6) is -2.18. The average molecular weight is 280 g/mol. The SMILES string of the molecule is CC1OC(C=C(c2cc(F)cc(F)c2)C(F)(F)F)O1. The Kier molecular flexibility index (Phi) is 3.60. The lowest BCUT2D eigenvalue weighted by molar-refractivity contribution is -0.354. The van der Waals surface area contributed by atoms with Crippen LogP contribution >= 0.6 is 0 Å². The highest BCUT2D eigenvalue weighted by molar-refractivity contribution is 5.70. The summed E-state index contributed by atoms with van der Waals surface area (Å²) in [6, 6.07) is 1.70. The van der Waals surface area contributed by atoms with Gasteiger partial charge < -0.3 is 9.47 Å². The largest absolute Gasteiger partial charge is 0.416 e. The van der Waals surface area contributed by atoms with Crippen LogP contribution in [0.15, 0.2) is 24.3 Å². The average Bonchev–Trinajstić information content (AvgIpc) is 2.19. The van der Waals surface area contributed by atoms with Gasteiger partial charge in [-0.3, -0.25) is 0 Å². The number of hydrogen-bond acceptors (Lipinski definition) is 2. The minimum absolute atomic E-state index is 0.496. The van der Waals surface area contributed by atoms with Gasteiger partial charge in [-0.1, -0.05) is 0 Å². The number of allylic oxidation sites excluding steroid dienone is 1. The van der Waals surface area contributed by atoms with Crippen LogP contribution in [0.25, 0.3) is 5.57 Å². The van der Waals surface area contributed by atoms with Crippen molar-refractivity contribution in [2.75, 3.05) is 0 Å². The van der Waals surface area contributed by atoms with Crippen molar-refractivity contribution in [1.82, 2.24) is 0 Å². The van der Waals surface area contributed by atoms with E-state index in [2.05, 4.69) is 0 Å². The van der Waals surface area contributed by atoms with Crippen molar-refractivity contribution in [3.63, 3.8) is 0 Å². The highest BCUT2D eigenvalue weighted by Gasteiger charge is 2.38. The Morgan fingerprint density at radius 3 is 2.05 bits per heavy atom. The summed E-state index contributed by atoms with van der Waals surface area (Å²) >= 11 is 0. The molecule has 104 valence electrons. The molecule has 0 spiro atoms. The Morgan fingerprint density at radius 1 is 1.11 bits per heavy atom. The Balaban J connectivity index is 2.38. The van der Waals surface area contributed by atoms with Crippen molar-refractivity contribution in [1.29, 1.82) is 0 Å². The molecule has 0 amide bonds. The van der Waals surface area contributed by atoms with E-state index in [4.69, 9.17) is 9.47 Å². The second-order valence-electron chi connectivity index (χ2n) is 3.94. The summed E-state index contributed by atoms with van der Waals surface area (Å²) in [5, 5.41) is 0. The Hall–Kier alpha value is -1.47. The van der Waals surface area contributed by atoms with Gasteiger partial charge in [-0.25, -0.2) is 8.78 Å². The molecule has 0 N–H and O–H groups in total. The fraction of sp³-hybridized carbons (Fsp3) is 0.333. The molecular formula is C12H9F5O2. The molecule has 2 rings (SSSR count). The van der Waals surface area contributed by atoms with Gasteiger partial charge in [0.15, 0.2) is 12.6 Å². The third-order valence-corrected chi connectivity index (χ3v) is 2.43. The minimum atomic E-state index is -4.77. The van der Waals surface area contributed by atoms with Gasteiger partial charge in [0.1, 0.15) is 11.6 Å². The molecule has 0 bridgehead atoms. The molecule has 19 heavy (non-hydrogen) atoms. The van der Waals surface area contributed by atoms with Gasteiger partial charge in [-0.2, -0.15) is 13.2 Å². The van der Waals surface area contributed by atoms with Crippen LogP contribution in [0.5, 0.6) is 0 Å².